The van der Waals surface area contributed by atoms with E-state index in [1.54, 1.807) is 16.7 Å². The first-order chi connectivity index (χ1) is 19.4. The van der Waals surface area contributed by atoms with Crippen LogP contribution >= 0.6 is 11.8 Å². The van der Waals surface area contributed by atoms with Crippen LogP contribution < -0.4 is 5.32 Å². The maximum atomic E-state index is 13.7. The Morgan fingerprint density at radius 1 is 0.950 bits per heavy atom. The Morgan fingerprint density at radius 3 is 2.15 bits per heavy atom. The zero-order valence-electron chi connectivity index (χ0n) is 22.9. The Balaban J connectivity index is 1.49. The number of carboxylic acid groups (broad SMARTS) is 1. The van der Waals surface area contributed by atoms with E-state index in [0.717, 1.165) is 24.0 Å². The molecule has 2 aliphatic rings. The Labute approximate surface area is 239 Å². The number of thioether (sulfide) groups is 1. The number of esters is 1. The third-order valence-corrected chi connectivity index (χ3v) is 9.19. The zero-order valence-corrected chi connectivity index (χ0v) is 23.7. The topological polar surface area (TPSA) is 113 Å². The number of ether oxygens (including phenoxy) is 1. The van der Waals surface area contributed by atoms with E-state index in [1.807, 2.05) is 60.7 Å². The number of carbonyl (C=O) groups excluding carboxylic acids is 3. The van der Waals surface area contributed by atoms with E-state index in [4.69, 9.17) is 4.74 Å². The maximum absolute atomic E-state index is 13.7. The molecule has 2 saturated heterocycles. The van der Waals surface area contributed by atoms with Crippen molar-refractivity contribution in [1.82, 2.24) is 10.2 Å². The molecule has 0 aromatic heterocycles. The van der Waals surface area contributed by atoms with Gasteiger partial charge in [-0.2, -0.15) is 0 Å². The number of benzene rings is 2. The largest absolute Gasteiger partial charge is 0.481 e. The highest BCUT2D eigenvalue weighted by molar-refractivity contribution is 7.99. The molecule has 0 saturated carbocycles. The summed E-state index contributed by atoms with van der Waals surface area (Å²) in [7, 11) is 1.33. The molecule has 0 bridgehead atoms. The lowest BCUT2D eigenvalue weighted by Crippen LogP contribution is -2.57. The van der Waals surface area contributed by atoms with Gasteiger partial charge in [0.15, 0.2) is 0 Å². The van der Waals surface area contributed by atoms with Crippen molar-refractivity contribution >= 4 is 35.5 Å². The molecule has 214 valence electrons. The number of nitrogens with zero attached hydrogens (tertiary/aromatic N) is 1. The van der Waals surface area contributed by atoms with Crippen molar-refractivity contribution in [2.45, 2.75) is 68.8 Å². The number of amides is 2. The van der Waals surface area contributed by atoms with Crippen LogP contribution in [0.25, 0.3) is 0 Å². The Morgan fingerprint density at radius 2 is 1.55 bits per heavy atom. The lowest BCUT2D eigenvalue weighted by molar-refractivity contribution is -0.156. The molecule has 2 fully saturated rings. The first-order valence-corrected chi connectivity index (χ1v) is 15.0. The van der Waals surface area contributed by atoms with Crippen molar-refractivity contribution < 1.29 is 29.0 Å². The average Bonchev–Trinajstić information content (AvgIpc) is 3.13. The minimum atomic E-state index is -0.885. The molecule has 0 spiro atoms. The summed E-state index contributed by atoms with van der Waals surface area (Å²) in [4.78, 5) is 53.6. The second kappa shape index (κ2) is 14.3. The van der Waals surface area contributed by atoms with Gasteiger partial charge in [0.1, 0.15) is 12.1 Å². The van der Waals surface area contributed by atoms with E-state index in [-0.39, 0.29) is 17.2 Å². The van der Waals surface area contributed by atoms with Crippen LogP contribution in [0.5, 0.6) is 0 Å². The monoisotopic (exact) mass is 566 g/mol. The van der Waals surface area contributed by atoms with E-state index >= 15 is 0 Å². The van der Waals surface area contributed by atoms with Gasteiger partial charge in [-0.15, -0.1) is 11.8 Å². The smallest absolute Gasteiger partial charge is 0.328 e. The summed E-state index contributed by atoms with van der Waals surface area (Å²) in [5.41, 5.74) is 1.92. The Kier molecular flexibility index (Phi) is 10.6. The van der Waals surface area contributed by atoms with Crippen LogP contribution in [0.3, 0.4) is 0 Å². The summed E-state index contributed by atoms with van der Waals surface area (Å²) in [5.74, 6) is -2.26. The molecule has 5 unspecified atom stereocenters. The molecule has 2 N–H and O–H groups in total. The molecule has 2 aliphatic heterocycles. The molecule has 0 radical (unpaired) electrons. The quantitative estimate of drug-likeness (QED) is 0.394. The van der Waals surface area contributed by atoms with Crippen LogP contribution in [0.15, 0.2) is 60.7 Å². The number of piperidine rings is 1. The molecule has 0 aliphatic carbocycles. The SMILES string of the molecule is COC(=O)C1CCCC2SCCC(NC(=O)C(CCC(Cc3ccccc3)C(=O)O)Cc3ccccc3)C(=O)N21. The predicted molar refractivity (Wildman–Crippen MR) is 153 cm³/mol. The van der Waals surface area contributed by atoms with Crippen molar-refractivity contribution in [2.75, 3.05) is 12.9 Å². The second-order valence-corrected chi connectivity index (χ2v) is 11.9. The number of hydrogen-bond acceptors (Lipinski definition) is 6. The third-order valence-electron chi connectivity index (χ3n) is 7.87. The van der Waals surface area contributed by atoms with E-state index in [0.29, 0.717) is 44.3 Å². The van der Waals surface area contributed by atoms with Gasteiger partial charge in [-0.05, 0) is 68.2 Å². The van der Waals surface area contributed by atoms with Crippen LogP contribution in [0.2, 0.25) is 0 Å². The van der Waals surface area contributed by atoms with E-state index in [2.05, 4.69) is 5.32 Å². The molecule has 4 rings (SSSR count). The lowest BCUT2D eigenvalue weighted by Gasteiger charge is -2.40. The van der Waals surface area contributed by atoms with Crippen LogP contribution in [0.4, 0.5) is 0 Å². The van der Waals surface area contributed by atoms with Gasteiger partial charge in [-0.25, -0.2) is 4.79 Å². The number of aliphatic carboxylic acids is 1. The number of carbonyl (C=O) groups is 4. The number of fused-ring (bicyclic) bond motifs is 1. The second-order valence-electron chi connectivity index (χ2n) is 10.6. The number of rotatable bonds is 11. The molecule has 2 amide bonds. The summed E-state index contributed by atoms with van der Waals surface area (Å²) < 4.78 is 4.99. The zero-order chi connectivity index (χ0) is 28.5. The van der Waals surface area contributed by atoms with Crippen molar-refractivity contribution in [3.63, 3.8) is 0 Å². The summed E-state index contributed by atoms with van der Waals surface area (Å²) in [6.45, 7) is 0. The normalized spacial score (nSPS) is 22.4. The molecule has 40 heavy (non-hydrogen) atoms. The molecular formula is C31H38N2O6S. The molecule has 2 heterocycles. The third kappa shape index (κ3) is 7.65. The van der Waals surface area contributed by atoms with Gasteiger partial charge in [-0.3, -0.25) is 14.4 Å². The summed E-state index contributed by atoms with van der Waals surface area (Å²) >= 11 is 1.64. The number of methoxy groups -OCH3 is 1. The summed E-state index contributed by atoms with van der Waals surface area (Å²) in [5, 5.41) is 12.8. The number of hydrogen-bond donors (Lipinski definition) is 2. The summed E-state index contributed by atoms with van der Waals surface area (Å²) in [6, 6.07) is 17.7. The molecular weight excluding hydrogens is 528 g/mol. The standard InChI is InChI=1S/C31H38N2O6S/c1-39-31(38)26-13-8-14-27-33(26)29(35)25(17-18-40-27)32-28(34)23(19-21-9-4-2-5-10-21)15-16-24(30(36)37)20-22-11-6-3-7-12-22/h2-7,9-12,23-27H,8,13-20H2,1H3,(H,32,34)(H,36,37). The molecule has 2 aromatic carbocycles. The predicted octanol–water partition coefficient (Wildman–Crippen LogP) is 4.07. The van der Waals surface area contributed by atoms with Crippen LogP contribution in [-0.4, -0.2) is 64.1 Å². The highest BCUT2D eigenvalue weighted by Gasteiger charge is 2.43. The fourth-order valence-corrected chi connectivity index (χ4v) is 7.07. The Hall–Kier alpha value is -3.33. The van der Waals surface area contributed by atoms with Gasteiger partial charge in [0.2, 0.25) is 11.8 Å². The lowest BCUT2D eigenvalue weighted by atomic mass is 9.87. The molecule has 5 atom stereocenters. The van der Waals surface area contributed by atoms with Crippen LogP contribution in [0, 0.1) is 11.8 Å². The fraction of sp³-hybridized carbons (Fsp3) is 0.484. The number of carboxylic acids is 1. The summed E-state index contributed by atoms with van der Waals surface area (Å²) in [6.07, 6.45) is 4.20. The fourth-order valence-electron chi connectivity index (χ4n) is 5.68. The molecule has 2 aromatic rings. The van der Waals surface area contributed by atoms with E-state index in [1.165, 1.54) is 7.11 Å². The van der Waals surface area contributed by atoms with Gasteiger partial charge in [0, 0.05) is 5.92 Å². The van der Waals surface area contributed by atoms with Crippen molar-refractivity contribution in [3.05, 3.63) is 71.8 Å². The molecule has 9 heteroatoms. The minimum absolute atomic E-state index is 0.110. The van der Waals surface area contributed by atoms with Gasteiger partial charge >= 0.3 is 11.9 Å². The first-order valence-electron chi connectivity index (χ1n) is 14.0. The highest BCUT2D eigenvalue weighted by atomic mass is 32.2. The van der Waals surface area contributed by atoms with Gasteiger partial charge < -0.3 is 20.1 Å². The van der Waals surface area contributed by atoms with Crippen molar-refractivity contribution in [3.8, 4) is 0 Å². The highest BCUT2D eigenvalue weighted by Crippen LogP contribution is 2.35. The van der Waals surface area contributed by atoms with E-state index in [9.17, 15) is 24.3 Å². The van der Waals surface area contributed by atoms with Gasteiger partial charge in [0.05, 0.1) is 18.4 Å². The van der Waals surface area contributed by atoms with Crippen molar-refractivity contribution in [1.29, 1.82) is 0 Å². The van der Waals surface area contributed by atoms with Gasteiger partial charge in [0.25, 0.3) is 0 Å². The average molecular weight is 567 g/mol. The van der Waals surface area contributed by atoms with Crippen LogP contribution in [0.1, 0.15) is 49.7 Å². The first kappa shape index (κ1) is 29.6. The van der Waals surface area contributed by atoms with Gasteiger partial charge in [-0.1, -0.05) is 60.7 Å². The molecule has 8 nitrogen and oxygen atoms in total. The number of nitrogens with one attached hydrogen (secondary N) is 1. The Bertz CT molecular complexity index is 1160. The van der Waals surface area contributed by atoms with Crippen LogP contribution in [-0.2, 0) is 36.8 Å². The maximum Gasteiger partial charge on any atom is 0.328 e. The minimum Gasteiger partial charge on any atom is -0.481 e. The van der Waals surface area contributed by atoms with E-state index < -0.39 is 35.9 Å². The van der Waals surface area contributed by atoms with Crippen molar-refractivity contribution in [2.24, 2.45) is 11.8 Å².